The van der Waals surface area contributed by atoms with Crippen LogP contribution < -0.4 is 0 Å². The molecule has 0 atom stereocenters. The molecule has 4 nitrogen and oxygen atoms in total. The highest BCUT2D eigenvalue weighted by Crippen LogP contribution is 2.31. The van der Waals surface area contributed by atoms with E-state index in [9.17, 15) is 14.4 Å². The number of hydrogen-bond donors (Lipinski definition) is 0. The van der Waals surface area contributed by atoms with Gasteiger partial charge in [-0.05, 0) is 18.8 Å². The first-order chi connectivity index (χ1) is 7.32. The van der Waals surface area contributed by atoms with Crippen molar-refractivity contribution in [3.63, 3.8) is 0 Å². The molecule has 0 unspecified atom stereocenters. The fraction of sp³-hybridized carbons (Fsp3) is 0.750. The van der Waals surface area contributed by atoms with Gasteiger partial charge in [-0.25, -0.2) is 0 Å². The second kappa shape index (κ2) is 4.76. The molecule has 0 aliphatic carbocycles. The fourth-order valence-corrected chi connectivity index (χ4v) is 1.95. The lowest BCUT2D eigenvalue weighted by Crippen LogP contribution is -2.46. The Morgan fingerprint density at radius 3 is 2.19 bits per heavy atom. The first-order valence-electron chi connectivity index (χ1n) is 5.64. The zero-order valence-corrected chi connectivity index (χ0v) is 10.2. The normalized spacial score (nSPS) is 20.1. The standard InChI is InChI=1S/C12H19NO3/c1-9(14)5-4-6-13-10(15)7-12(2,3)8-11(13)16/h4-8H2,1-3H3. The van der Waals surface area contributed by atoms with Crippen LogP contribution in [0.5, 0.6) is 0 Å². The van der Waals surface area contributed by atoms with Gasteiger partial charge in [0.05, 0.1) is 0 Å². The minimum atomic E-state index is -0.217. The Morgan fingerprint density at radius 2 is 1.75 bits per heavy atom. The lowest BCUT2D eigenvalue weighted by atomic mass is 9.81. The molecule has 90 valence electrons. The fourth-order valence-electron chi connectivity index (χ4n) is 1.95. The number of nitrogens with zero attached hydrogens (tertiary/aromatic N) is 1. The quantitative estimate of drug-likeness (QED) is 0.682. The molecule has 0 aromatic heterocycles. The molecule has 1 fully saturated rings. The van der Waals surface area contributed by atoms with E-state index in [1.807, 2.05) is 13.8 Å². The van der Waals surface area contributed by atoms with Crippen molar-refractivity contribution in [1.29, 1.82) is 0 Å². The summed E-state index contributed by atoms with van der Waals surface area (Å²) in [5, 5.41) is 0. The van der Waals surface area contributed by atoms with Gasteiger partial charge in [0, 0.05) is 25.8 Å². The van der Waals surface area contributed by atoms with Crippen LogP contribution in [0.2, 0.25) is 0 Å². The lowest BCUT2D eigenvalue weighted by Gasteiger charge is -2.34. The van der Waals surface area contributed by atoms with Crippen molar-refractivity contribution in [1.82, 2.24) is 4.90 Å². The van der Waals surface area contributed by atoms with Crippen molar-refractivity contribution < 1.29 is 14.4 Å². The maximum absolute atomic E-state index is 11.7. The largest absolute Gasteiger partial charge is 0.300 e. The minimum Gasteiger partial charge on any atom is -0.300 e. The Hall–Kier alpha value is -1.19. The average Bonchev–Trinajstić information content (AvgIpc) is 2.07. The van der Waals surface area contributed by atoms with Gasteiger partial charge in [0.1, 0.15) is 5.78 Å². The molecule has 0 spiro atoms. The van der Waals surface area contributed by atoms with Crippen LogP contribution in [0.25, 0.3) is 0 Å². The summed E-state index contributed by atoms with van der Waals surface area (Å²) in [6.07, 6.45) is 1.84. The van der Waals surface area contributed by atoms with Gasteiger partial charge in [-0.1, -0.05) is 13.8 Å². The molecule has 2 amide bonds. The third kappa shape index (κ3) is 3.43. The highest BCUT2D eigenvalue weighted by molar-refractivity contribution is 5.98. The van der Waals surface area contributed by atoms with E-state index < -0.39 is 0 Å². The van der Waals surface area contributed by atoms with Crippen molar-refractivity contribution in [2.24, 2.45) is 5.41 Å². The number of carbonyl (C=O) groups excluding carboxylic acids is 3. The molecule has 0 radical (unpaired) electrons. The molecule has 0 bridgehead atoms. The molecule has 0 N–H and O–H groups in total. The highest BCUT2D eigenvalue weighted by Gasteiger charge is 2.36. The van der Waals surface area contributed by atoms with Gasteiger partial charge in [0.15, 0.2) is 0 Å². The number of rotatable bonds is 4. The molecule has 1 aliphatic heterocycles. The minimum absolute atomic E-state index is 0.0947. The molecular formula is C12H19NO3. The van der Waals surface area contributed by atoms with Crippen LogP contribution in [0.4, 0.5) is 0 Å². The maximum atomic E-state index is 11.7. The van der Waals surface area contributed by atoms with E-state index in [0.717, 1.165) is 0 Å². The summed E-state index contributed by atoms with van der Waals surface area (Å²) in [6, 6.07) is 0. The van der Waals surface area contributed by atoms with Crippen LogP contribution in [-0.4, -0.2) is 29.0 Å². The summed E-state index contributed by atoms with van der Waals surface area (Å²) < 4.78 is 0. The number of carbonyl (C=O) groups is 3. The molecule has 1 saturated heterocycles. The van der Waals surface area contributed by atoms with Crippen LogP contribution in [0.3, 0.4) is 0 Å². The van der Waals surface area contributed by atoms with Crippen molar-refractivity contribution in [3.05, 3.63) is 0 Å². The molecule has 1 heterocycles. The molecule has 16 heavy (non-hydrogen) atoms. The van der Waals surface area contributed by atoms with Gasteiger partial charge in [-0.2, -0.15) is 0 Å². The van der Waals surface area contributed by atoms with E-state index in [1.165, 1.54) is 11.8 Å². The Kier molecular flexibility index (Phi) is 3.83. The van der Waals surface area contributed by atoms with Gasteiger partial charge in [-0.15, -0.1) is 0 Å². The molecule has 0 saturated carbocycles. The smallest absolute Gasteiger partial charge is 0.229 e. The van der Waals surface area contributed by atoms with Gasteiger partial charge in [-0.3, -0.25) is 14.5 Å². The number of imide groups is 1. The first kappa shape index (κ1) is 12.9. The summed E-state index contributed by atoms with van der Waals surface area (Å²) in [4.78, 5) is 35.5. The maximum Gasteiger partial charge on any atom is 0.229 e. The third-order valence-electron chi connectivity index (χ3n) is 2.77. The summed E-state index contributed by atoms with van der Waals surface area (Å²) >= 11 is 0. The van der Waals surface area contributed by atoms with Crippen molar-refractivity contribution in [2.45, 2.75) is 46.5 Å². The van der Waals surface area contributed by atoms with Crippen molar-refractivity contribution in [2.75, 3.05) is 6.54 Å². The van der Waals surface area contributed by atoms with Gasteiger partial charge >= 0.3 is 0 Å². The number of Topliss-reactive ketones (excluding diaryl/α,β-unsaturated/α-hetero) is 1. The Labute approximate surface area is 96.0 Å². The van der Waals surface area contributed by atoms with E-state index in [4.69, 9.17) is 0 Å². The Morgan fingerprint density at radius 1 is 1.25 bits per heavy atom. The van der Waals surface area contributed by atoms with E-state index in [1.54, 1.807) is 0 Å². The monoisotopic (exact) mass is 225 g/mol. The Bertz CT molecular complexity index is 300. The van der Waals surface area contributed by atoms with Gasteiger partial charge in [0.2, 0.25) is 11.8 Å². The second-order valence-corrected chi connectivity index (χ2v) is 5.26. The van der Waals surface area contributed by atoms with Crippen LogP contribution >= 0.6 is 0 Å². The predicted octanol–water partition coefficient (Wildman–Crippen LogP) is 1.53. The molecule has 1 rings (SSSR count). The highest BCUT2D eigenvalue weighted by atomic mass is 16.2. The summed E-state index contributed by atoms with van der Waals surface area (Å²) in [5.41, 5.74) is -0.217. The lowest BCUT2D eigenvalue weighted by molar-refractivity contribution is -0.152. The molecule has 0 aromatic carbocycles. The van der Waals surface area contributed by atoms with Gasteiger partial charge < -0.3 is 4.79 Å². The first-order valence-corrected chi connectivity index (χ1v) is 5.64. The van der Waals surface area contributed by atoms with Crippen molar-refractivity contribution in [3.8, 4) is 0 Å². The number of likely N-dealkylation sites (tertiary alicyclic amines) is 1. The second-order valence-electron chi connectivity index (χ2n) is 5.26. The van der Waals surface area contributed by atoms with Crippen LogP contribution in [0.1, 0.15) is 46.5 Å². The molecule has 0 aromatic rings. The number of hydrogen-bond acceptors (Lipinski definition) is 3. The van der Waals surface area contributed by atoms with Crippen molar-refractivity contribution >= 4 is 17.6 Å². The Balaban J connectivity index is 2.51. The number of amides is 2. The summed E-state index contributed by atoms with van der Waals surface area (Å²) in [6.45, 7) is 5.75. The van der Waals surface area contributed by atoms with Crippen LogP contribution in [0.15, 0.2) is 0 Å². The SMILES string of the molecule is CC(=O)CCCN1C(=O)CC(C)(C)CC1=O. The molecule has 1 aliphatic rings. The van der Waals surface area contributed by atoms with Crippen LogP contribution in [-0.2, 0) is 14.4 Å². The van der Waals surface area contributed by atoms with E-state index >= 15 is 0 Å². The number of ketones is 1. The van der Waals surface area contributed by atoms with Gasteiger partial charge in [0.25, 0.3) is 0 Å². The predicted molar refractivity (Wildman–Crippen MR) is 59.7 cm³/mol. The van der Waals surface area contributed by atoms with E-state index in [-0.39, 0.29) is 23.0 Å². The topological polar surface area (TPSA) is 54.5 Å². The summed E-state index contributed by atoms with van der Waals surface area (Å²) in [7, 11) is 0. The van der Waals surface area contributed by atoms with E-state index in [2.05, 4.69) is 0 Å². The zero-order valence-electron chi connectivity index (χ0n) is 10.2. The zero-order chi connectivity index (χ0) is 12.3. The van der Waals surface area contributed by atoms with Crippen LogP contribution in [0, 0.1) is 5.41 Å². The van der Waals surface area contributed by atoms with E-state index in [0.29, 0.717) is 32.2 Å². The average molecular weight is 225 g/mol. The molecular weight excluding hydrogens is 206 g/mol. The molecule has 4 heteroatoms. The third-order valence-corrected chi connectivity index (χ3v) is 2.77. The number of piperidine rings is 1. The summed E-state index contributed by atoms with van der Waals surface area (Å²) in [5.74, 6) is -0.119.